The SMILES string of the molecule is CCCn1nnnc1COC(=O)c1ccc(F)cc1Br. The number of hydrogen-bond donors (Lipinski definition) is 0. The summed E-state index contributed by atoms with van der Waals surface area (Å²) in [5, 5.41) is 11.1. The zero-order valence-corrected chi connectivity index (χ0v) is 12.3. The smallest absolute Gasteiger partial charge is 0.339 e. The summed E-state index contributed by atoms with van der Waals surface area (Å²) in [5.41, 5.74) is 0.251. The molecule has 2 rings (SSSR count). The van der Waals surface area contributed by atoms with Crippen molar-refractivity contribution in [3.63, 3.8) is 0 Å². The van der Waals surface area contributed by atoms with E-state index in [4.69, 9.17) is 4.74 Å². The molecule has 20 heavy (non-hydrogen) atoms. The van der Waals surface area contributed by atoms with Crippen molar-refractivity contribution < 1.29 is 13.9 Å². The minimum atomic E-state index is -0.567. The van der Waals surface area contributed by atoms with E-state index in [1.54, 1.807) is 4.68 Å². The predicted molar refractivity (Wildman–Crippen MR) is 71.3 cm³/mol. The molecule has 8 heteroatoms. The summed E-state index contributed by atoms with van der Waals surface area (Å²) in [6.45, 7) is 2.61. The van der Waals surface area contributed by atoms with Crippen LogP contribution < -0.4 is 0 Å². The van der Waals surface area contributed by atoms with Gasteiger partial charge in [-0.05, 0) is 51.0 Å². The number of aromatic nitrogens is 4. The second kappa shape index (κ2) is 6.56. The lowest BCUT2D eigenvalue weighted by Gasteiger charge is -2.06. The Hall–Kier alpha value is -1.83. The Kier molecular flexibility index (Phi) is 4.78. The lowest BCUT2D eigenvalue weighted by molar-refractivity contribution is 0.0455. The molecule has 0 N–H and O–H groups in total. The number of aryl methyl sites for hydroxylation is 1. The number of esters is 1. The van der Waals surface area contributed by atoms with E-state index in [2.05, 4.69) is 31.5 Å². The highest BCUT2D eigenvalue weighted by Gasteiger charge is 2.14. The van der Waals surface area contributed by atoms with E-state index in [1.807, 2.05) is 6.92 Å². The lowest BCUT2D eigenvalue weighted by atomic mass is 10.2. The molecule has 1 heterocycles. The zero-order valence-electron chi connectivity index (χ0n) is 10.7. The van der Waals surface area contributed by atoms with Crippen LogP contribution in [0.25, 0.3) is 0 Å². The average molecular weight is 343 g/mol. The van der Waals surface area contributed by atoms with Crippen molar-refractivity contribution in [2.75, 3.05) is 0 Å². The van der Waals surface area contributed by atoms with Crippen molar-refractivity contribution in [2.45, 2.75) is 26.5 Å². The molecule has 0 radical (unpaired) electrons. The van der Waals surface area contributed by atoms with Crippen molar-refractivity contribution in [1.82, 2.24) is 20.2 Å². The molecule has 0 bridgehead atoms. The highest BCUT2D eigenvalue weighted by atomic mass is 79.9. The first-order valence-corrected chi connectivity index (χ1v) is 6.78. The van der Waals surface area contributed by atoms with Crippen LogP contribution in [0.1, 0.15) is 29.5 Å². The van der Waals surface area contributed by atoms with Gasteiger partial charge in [0.2, 0.25) is 0 Å². The number of hydrogen-bond acceptors (Lipinski definition) is 5. The average Bonchev–Trinajstić information content (AvgIpc) is 2.84. The van der Waals surface area contributed by atoms with Gasteiger partial charge in [-0.25, -0.2) is 13.9 Å². The second-order valence-electron chi connectivity index (χ2n) is 4.02. The molecule has 0 spiro atoms. The van der Waals surface area contributed by atoms with Crippen molar-refractivity contribution in [1.29, 1.82) is 0 Å². The molecular weight excluding hydrogens is 331 g/mol. The molecule has 0 aliphatic carbocycles. The monoisotopic (exact) mass is 342 g/mol. The van der Waals surface area contributed by atoms with E-state index in [9.17, 15) is 9.18 Å². The van der Waals surface area contributed by atoms with Crippen LogP contribution in [0.5, 0.6) is 0 Å². The van der Waals surface area contributed by atoms with Gasteiger partial charge in [-0.15, -0.1) is 5.10 Å². The van der Waals surface area contributed by atoms with Gasteiger partial charge in [0.05, 0.1) is 5.56 Å². The van der Waals surface area contributed by atoms with Gasteiger partial charge in [0.15, 0.2) is 12.4 Å². The summed E-state index contributed by atoms with van der Waals surface area (Å²) in [5.74, 6) is -0.526. The van der Waals surface area contributed by atoms with Gasteiger partial charge >= 0.3 is 5.97 Å². The number of halogens is 2. The third-order valence-corrected chi connectivity index (χ3v) is 3.18. The molecule has 0 atom stereocenters. The third-order valence-electron chi connectivity index (χ3n) is 2.52. The fraction of sp³-hybridized carbons (Fsp3) is 0.333. The van der Waals surface area contributed by atoms with Crippen molar-refractivity contribution in [3.05, 3.63) is 39.9 Å². The predicted octanol–water partition coefficient (Wildman–Crippen LogP) is 2.34. The Bertz CT molecular complexity index is 617. The van der Waals surface area contributed by atoms with E-state index in [0.717, 1.165) is 6.42 Å². The number of rotatable bonds is 5. The van der Waals surface area contributed by atoms with Gasteiger partial charge < -0.3 is 4.74 Å². The van der Waals surface area contributed by atoms with E-state index < -0.39 is 11.8 Å². The minimum Gasteiger partial charge on any atom is -0.454 e. The van der Waals surface area contributed by atoms with Crippen LogP contribution in [0.2, 0.25) is 0 Å². The third kappa shape index (κ3) is 3.38. The van der Waals surface area contributed by atoms with Gasteiger partial charge in [-0.1, -0.05) is 6.92 Å². The molecule has 1 aromatic carbocycles. The molecule has 0 unspecified atom stereocenters. The first-order valence-electron chi connectivity index (χ1n) is 5.99. The number of carbonyl (C=O) groups excluding carboxylic acids is 1. The standard InChI is InChI=1S/C12H12BrFN4O2/c1-2-5-18-11(15-16-17-18)7-20-12(19)9-4-3-8(14)6-10(9)13/h3-4,6H,2,5,7H2,1H3. The van der Waals surface area contributed by atoms with E-state index in [1.165, 1.54) is 18.2 Å². The van der Waals surface area contributed by atoms with Gasteiger partial charge in [-0.3, -0.25) is 0 Å². The molecule has 0 amide bonds. The van der Waals surface area contributed by atoms with E-state index >= 15 is 0 Å². The molecule has 6 nitrogen and oxygen atoms in total. The summed E-state index contributed by atoms with van der Waals surface area (Å²) < 4.78 is 20.0. The lowest BCUT2D eigenvalue weighted by Crippen LogP contribution is -2.11. The molecule has 0 aliphatic heterocycles. The maximum Gasteiger partial charge on any atom is 0.339 e. The summed E-state index contributed by atoms with van der Waals surface area (Å²) in [4.78, 5) is 11.9. The normalized spacial score (nSPS) is 10.6. The fourth-order valence-electron chi connectivity index (χ4n) is 1.57. The maximum absolute atomic E-state index is 12.9. The van der Waals surface area contributed by atoms with Gasteiger partial charge in [0.1, 0.15) is 5.82 Å². The van der Waals surface area contributed by atoms with Crippen LogP contribution >= 0.6 is 15.9 Å². The van der Waals surface area contributed by atoms with Crippen LogP contribution in [0.4, 0.5) is 4.39 Å². The topological polar surface area (TPSA) is 69.9 Å². The largest absolute Gasteiger partial charge is 0.454 e. The summed E-state index contributed by atoms with van der Waals surface area (Å²) >= 11 is 3.12. The second-order valence-corrected chi connectivity index (χ2v) is 4.87. The Morgan fingerprint density at radius 1 is 1.50 bits per heavy atom. The van der Waals surface area contributed by atoms with Gasteiger partial charge in [0, 0.05) is 11.0 Å². The Labute approximate surface area is 123 Å². The highest BCUT2D eigenvalue weighted by molar-refractivity contribution is 9.10. The molecule has 0 saturated heterocycles. The maximum atomic E-state index is 12.9. The summed E-state index contributed by atoms with van der Waals surface area (Å²) in [7, 11) is 0. The highest BCUT2D eigenvalue weighted by Crippen LogP contribution is 2.19. The van der Waals surface area contributed by atoms with E-state index in [0.29, 0.717) is 16.8 Å². The molecule has 106 valence electrons. The first-order chi connectivity index (χ1) is 9.61. The molecule has 0 saturated carbocycles. The Morgan fingerprint density at radius 2 is 2.30 bits per heavy atom. The summed E-state index contributed by atoms with van der Waals surface area (Å²) in [6.07, 6.45) is 0.871. The number of ether oxygens (including phenoxy) is 1. The van der Waals surface area contributed by atoms with Crippen molar-refractivity contribution in [2.24, 2.45) is 0 Å². The Balaban J connectivity index is 2.03. The minimum absolute atomic E-state index is 0.0321. The number of tetrazole rings is 1. The fourth-order valence-corrected chi connectivity index (χ4v) is 2.09. The van der Waals surface area contributed by atoms with Crippen LogP contribution in [0, 0.1) is 5.82 Å². The quantitative estimate of drug-likeness (QED) is 0.780. The van der Waals surface area contributed by atoms with Crippen LogP contribution in [0.15, 0.2) is 22.7 Å². The Morgan fingerprint density at radius 3 is 3.00 bits per heavy atom. The van der Waals surface area contributed by atoms with Gasteiger partial charge in [-0.2, -0.15) is 0 Å². The van der Waals surface area contributed by atoms with Crippen LogP contribution in [-0.2, 0) is 17.9 Å². The molecule has 1 aromatic heterocycles. The molecular formula is C12H12BrFN4O2. The van der Waals surface area contributed by atoms with Gasteiger partial charge in [0.25, 0.3) is 0 Å². The van der Waals surface area contributed by atoms with Crippen molar-refractivity contribution in [3.8, 4) is 0 Å². The number of carbonyl (C=O) groups is 1. The number of nitrogens with zero attached hydrogens (tertiary/aromatic N) is 4. The molecule has 2 aromatic rings. The van der Waals surface area contributed by atoms with Crippen molar-refractivity contribution >= 4 is 21.9 Å². The van der Waals surface area contributed by atoms with Crippen LogP contribution in [-0.4, -0.2) is 26.2 Å². The summed E-state index contributed by atoms with van der Waals surface area (Å²) in [6, 6.07) is 3.76. The number of benzene rings is 1. The first kappa shape index (κ1) is 14.6. The molecule has 0 aliphatic rings. The zero-order chi connectivity index (χ0) is 14.5. The molecule has 0 fully saturated rings. The van der Waals surface area contributed by atoms with E-state index in [-0.39, 0.29) is 12.2 Å². The van der Waals surface area contributed by atoms with Crippen LogP contribution in [0.3, 0.4) is 0 Å².